The molecule has 0 amide bonds. The van der Waals surface area contributed by atoms with Crippen LogP contribution in [0.4, 0.5) is 0 Å². The monoisotopic (exact) mass is 529 g/mol. The van der Waals surface area contributed by atoms with Gasteiger partial charge in [0.2, 0.25) is 0 Å². The van der Waals surface area contributed by atoms with Crippen molar-refractivity contribution < 1.29 is 24.2 Å². The second-order valence-corrected chi connectivity index (χ2v) is 9.08. The van der Waals surface area contributed by atoms with Crippen molar-refractivity contribution in [3.8, 4) is 11.5 Å². The summed E-state index contributed by atoms with van der Waals surface area (Å²) in [5.41, 5.74) is 0.634. The molecule has 2 aromatic carbocycles. The summed E-state index contributed by atoms with van der Waals surface area (Å²) in [6, 6.07) is 14.0. The Morgan fingerprint density at radius 2 is 1.84 bits per heavy atom. The van der Waals surface area contributed by atoms with E-state index in [2.05, 4.69) is 17.0 Å². The minimum absolute atomic E-state index is 0.120. The largest absolute Gasteiger partial charge is 0.493 e. The molecule has 200 valence electrons. The summed E-state index contributed by atoms with van der Waals surface area (Å²) < 4.78 is 10.8. The Balaban J connectivity index is 0.000000263. The van der Waals surface area contributed by atoms with Gasteiger partial charge in [0.1, 0.15) is 18.1 Å². The average Bonchev–Trinajstić information content (AvgIpc) is 3.40. The normalized spacial score (nSPS) is 13.4. The van der Waals surface area contributed by atoms with Gasteiger partial charge in [-0.05, 0) is 80.8 Å². The van der Waals surface area contributed by atoms with E-state index in [0.29, 0.717) is 17.7 Å². The Morgan fingerprint density at radius 1 is 1.08 bits per heavy atom. The first kappa shape index (κ1) is 29.9. The first-order valence-corrected chi connectivity index (χ1v) is 13.1. The van der Waals surface area contributed by atoms with E-state index in [1.165, 1.54) is 25.7 Å². The van der Waals surface area contributed by atoms with Gasteiger partial charge in [-0.15, -0.1) is 10.1 Å². The van der Waals surface area contributed by atoms with Crippen molar-refractivity contribution in [2.75, 3.05) is 6.61 Å². The molecular formula is C29H36ClNO6. The van der Waals surface area contributed by atoms with Crippen LogP contribution in [-0.4, -0.2) is 17.7 Å². The SMILES string of the molecule is C/C=C\CCCC(=O)Oc1ccc(CO[N+](=O)[O-])cc1.Clc1cccc(OCC/C=C/C2CCCC2)c1. The van der Waals surface area contributed by atoms with Crippen molar-refractivity contribution in [1.82, 2.24) is 0 Å². The van der Waals surface area contributed by atoms with Crippen molar-refractivity contribution in [3.05, 3.63) is 93.5 Å². The molecule has 0 saturated heterocycles. The van der Waals surface area contributed by atoms with Crippen molar-refractivity contribution in [2.24, 2.45) is 5.92 Å². The Morgan fingerprint density at radius 3 is 2.51 bits per heavy atom. The van der Waals surface area contributed by atoms with E-state index >= 15 is 0 Å². The van der Waals surface area contributed by atoms with E-state index < -0.39 is 5.09 Å². The fourth-order valence-electron chi connectivity index (χ4n) is 3.73. The fourth-order valence-corrected chi connectivity index (χ4v) is 3.91. The van der Waals surface area contributed by atoms with E-state index in [9.17, 15) is 14.9 Å². The lowest BCUT2D eigenvalue weighted by Crippen LogP contribution is -2.07. The van der Waals surface area contributed by atoms with E-state index in [1.807, 2.05) is 43.3 Å². The van der Waals surface area contributed by atoms with Gasteiger partial charge in [0.15, 0.2) is 0 Å². The summed E-state index contributed by atoms with van der Waals surface area (Å²) in [7, 11) is 0. The molecule has 1 fully saturated rings. The molecule has 0 unspecified atom stereocenters. The molecule has 0 heterocycles. The highest BCUT2D eigenvalue weighted by Crippen LogP contribution is 2.25. The maximum Gasteiger partial charge on any atom is 0.311 e. The molecule has 0 bridgehead atoms. The molecule has 37 heavy (non-hydrogen) atoms. The van der Waals surface area contributed by atoms with Crippen LogP contribution in [0, 0.1) is 16.0 Å². The molecule has 1 aliphatic carbocycles. The zero-order chi connectivity index (χ0) is 26.7. The lowest BCUT2D eigenvalue weighted by molar-refractivity contribution is -0.763. The molecule has 7 nitrogen and oxygen atoms in total. The van der Waals surface area contributed by atoms with Crippen LogP contribution in [0.3, 0.4) is 0 Å². The van der Waals surface area contributed by atoms with E-state index in [4.69, 9.17) is 21.1 Å². The van der Waals surface area contributed by atoms with Gasteiger partial charge in [-0.2, -0.15) is 0 Å². The number of carbonyl (C=O) groups is 1. The highest BCUT2D eigenvalue weighted by Gasteiger charge is 2.10. The van der Waals surface area contributed by atoms with E-state index in [0.717, 1.165) is 42.6 Å². The highest BCUT2D eigenvalue weighted by atomic mass is 35.5. The molecule has 1 aliphatic rings. The molecule has 0 radical (unpaired) electrons. The number of hydrogen-bond donors (Lipinski definition) is 0. The number of esters is 1. The summed E-state index contributed by atoms with van der Waals surface area (Å²) in [4.78, 5) is 25.8. The number of ether oxygens (including phenoxy) is 2. The average molecular weight is 530 g/mol. The summed E-state index contributed by atoms with van der Waals surface area (Å²) in [6.07, 6.45) is 17.0. The predicted molar refractivity (Wildman–Crippen MR) is 145 cm³/mol. The Hall–Kier alpha value is -3.32. The molecule has 2 aromatic rings. The summed E-state index contributed by atoms with van der Waals surface area (Å²) in [5, 5.41) is 9.92. The molecule has 0 spiro atoms. The van der Waals surface area contributed by atoms with Crippen LogP contribution in [0.25, 0.3) is 0 Å². The molecule has 0 N–H and O–H groups in total. The number of rotatable bonds is 13. The smallest absolute Gasteiger partial charge is 0.311 e. The number of carbonyl (C=O) groups excluding carboxylic acids is 1. The maximum atomic E-state index is 11.5. The highest BCUT2D eigenvalue weighted by molar-refractivity contribution is 6.30. The minimum Gasteiger partial charge on any atom is -0.493 e. The van der Waals surface area contributed by atoms with Crippen LogP contribution >= 0.6 is 11.6 Å². The topological polar surface area (TPSA) is 87.9 Å². The zero-order valence-corrected chi connectivity index (χ0v) is 22.1. The third kappa shape index (κ3) is 14.1. The Labute approximate surface area is 224 Å². The minimum atomic E-state index is -0.849. The lowest BCUT2D eigenvalue weighted by Gasteiger charge is -2.05. The Bertz CT molecular complexity index is 1000. The van der Waals surface area contributed by atoms with Gasteiger partial charge >= 0.3 is 5.97 Å². The zero-order valence-electron chi connectivity index (χ0n) is 21.4. The third-order valence-electron chi connectivity index (χ3n) is 5.64. The lowest BCUT2D eigenvalue weighted by atomic mass is 10.1. The van der Waals surface area contributed by atoms with Gasteiger partial charge in [0.25, 0.3) is 5.09 Å². The van der Waals surface area contributed by atoms with Gasteiger partial charge in [0, 0.05) is 11.4 Å². The number of nitrogens with zero attached hydrogens (tertiary/aromatic N) is 1. The van der Waals surface area contributed by atoms with Gasteiger partial charge in [0.05, 0.1) is 6.61 Å². The number of hydrogen-bond acceptors (Lipinski definition) is 6. The summed E-state index contributed by atoms with van der Waals surface area (Å²) in [6.45, 7) is 2.54. The first-order valence-electron chi connectivity index (χ1n) is 12.7. The number of benzene rings is 2. The number of unbranched alkanes of at least 4 members (excludes halogenated alkanes) is 1. The van der Waals surface area contributed by atoms with Crippen LogP contribution < -0.4 is 9.47 Å². The van der Waals surface area contributed by atoms with Crippen molar-refractivity contribution in [3.63, 3.8) is 0 Å². The van der Waals surface area contributed by atoms with Crippen LogP contribution in [0.15, 0.2) is 72.8 Å². The van der Waals surface area contributed by atoms with Gasteiger partial charge in [-0.3, -0.25) is 4.79 Å². The Kier molecular flexibility index (Phi) is 14.6. The van der Waals surface area contributed by atoms with Crippen LogP contribution in [-0.2, 0) is 16.2 Å². The van der Waals surface area contributed by atoms with Crippen LogP contribution in [0.5, 0.6) is 11.5 Å². The second kappa shape index (κ2) is 18.0. The summed E-state index contributed by atoms with van der Waals surface area (Å²) in [5.74, 6) is 1.81. The summed E-state index contributed by atoms with van der Waals surface area (Å²) >= 11 is 5.88. The van der Waals surface area contributed by atoms with Crippen molar-refractivity contribution in [1.29, 1.82) is 0 Å². The number of halogens is 1. The molecule has 8 heteroatoms. The molecule has 0 atom stereocenters. The van der Waals surface area contributed by atoms with Crippen LogP contribution in [0.1, 0.15) is 63.9 Å². The quantitative estimate of drug-likeness (QED) is 0.0654. The number of allylic oxidation sites excluding steroid dienone is 3. The molecular weight excluding hydrogens is 494 g/mol. The molecule has 3 rings (SSSR count). The van der Waals surface area contributed by atoms with Crippen molar-refractivity contribution in [2.45, 2.75) is 64.9 Å². The van der Waals surface area contributed by atoms with Gasteiger partial charge in [-0.1, -0.05) is 66.9 Å². The maximum absolute atomic E-state index is 11.5. The van der Waals surface area contributed by atoms with Gasteiger partial charge in [-0.25, -0.2) is 0 Å². The fraction of sp³-hybridized carbons (Fsp3) is 0.414. The third-order valence-corrected chi connectivity index (χ3v) is 5.87. The van der Waals surface area contributed by atoms with E-state index in [-0.39, 0.29) is 12.6 Å². The second-order valence-electron chi connectivity index (χ2n) is 8.64. The molecule has 0 aromatic heterocycles. The molecule has 0 aliphatic heterocycles. The van der Waals surface area contributed by atoms with Crippen LogP contribution in [0.2, 0.25) is 5.02 Å². The van der Waals surface area contributed by atoms with Crippen molar-refractivity contribution >= 4 is 17.6 Å². The van der Waals surface area contributed by atoms with Gasteiger partial charge < -0.3 is 14.3 Å². The standard InChI is InChI=1S/C15H19ClO.C14H17NO5/c16-14-9-5-10-15(12-14)17-11-4-3-8-13-6-1-2-7-13;1-2-3-4-5-6-14(16)20-13-9-7-12(8-10-13)11-19-15(17)18/h3,5,8-10,12-13H,1-2,4,6-7,11H2;2-3,7-10H,4-6,11H2,1H3/b8-3+;3-2-. The predicted octanol–water partition coefficient (Wildman–Crippen LogP) is 7.90. The van der Waals surface area contributed by atoms with E-state index in [1.54, 1.807) is 24.3 Å². The first-order chi connectivity index (χ1) is 18.0. The molecule has 1 saturated carbocycles.